The Kier molecular flexibility index (Phi) is 5.29. The van der Waals surface area contributed by atoms with Crippen LogP contribution in [0.5, 0.6) is 0 Å². The first-order chi connectivity index (χ1) is 8.40. The van der Waals surface area contributed by atoms with Crippen molar-refractivity contribution in [1.82, 2.24) is 5.32 Å². The number of hydrogen-bond donors (Lipinski definition) is 1. The van der Waals surface area contributed by atoms with E-state index in [0.29, 0.717) is 0 Å². The lowest BCUT2D eigenvalue weighted by molar-refractivity contribution is -0.0116. The highest BCUT2D eigenvalue weighted by Gasteiger charge is 2.33. The summed E-state index contributed by atoms with van der Waals surface area (Å²) in [5.41, 5.74) is 0.909. The number of hydrogen-bond acceptors (Lipinski definition) is 2. The van der Waals surface area contributed by atoms with Crippen molar-refractivity contribution in [2.75, 3.05) is 13.7 Å². The standard InChI is InChI=1S/C15H24FNO/c1-6-17-13(14(18-5)15(2,3)4)11-8-7-9-12(16)10-11/h7-10,13-14,17H,6H2,1-5H3. The highest BCUT2D eigenvalue weighted by Crippen LogP contribution is 2.32. The van der Waals surface area contributed by atoms with Crippen LogP contribution in [0, 0.1) is 11.2 Å². The molecule has 1 N–H and O–H groups in total. The Bertz CT molecular complexity index is 373. The van der Waals surface area contributed by atoms with Crippen LogP contribution in [-0.4, -0.2) is 19.8 Å². The lowest BCUT2D eigenvalue weighted by atomic mass is 9.82. The fourth-order valence-corrected chi connectivity index (χ4v) is 2.31. The Balaban J connectivity index is 3.08. The lowest BCUT2D eigenvalue weighted by Gasteiger charge is -2.36. The van der Waals surface area contributed by atoms with Crippen LogP contribution in [0.3, 0.4) is 0 Å². The lowest BCUT2D eigenvalue weighted by Crippen LogP contribution is -2.41. The molecular weight excluding hydrogens is 229 g/mol. The van der Waals surface area contributed by atoms with E-state index in [2.05, 4.69) is 26.1 Å². The Hall–Kier alpha value is -0.930. The van der Waals surface area contributed by atoms with Crippen molar-refractivity contribution in [1.29, 1.82) is 0 Å². The second kappa shape index (κ2) is 6.30. The third kappa shape index (κ3) is 3.79. The highest BCUT2D eigenvalue weighted by atomic mass is 19.1. The molecule has 1 aromatic carbocycles. The summed E-state index contributed by atoms with van der Waals surface area (Å²) < 4.78 is 19.0. The fourth-order valence-electron chi connectivity index (χ4n) is 2.31. The summed E-state index contributed by atoms with van der Waals surface area (Å²) in [5.74, 6) is -0.209. The molecule has 0 fully saturated rings. The number of benzene rings is 1. The van der Waals surface area contributed by atoms with Crippen LogP contribution >= 0.6 is 0 Å². The smallest absolute Gasteiger partial charge is 0.123 e. The van der Waals surface area contributed by atoms with Gasteiger partial charge in [0.15, 0.2) is 0 Å². The van der Waals surface area contributed by atoms with Crippen molar-refractivity contribution < 1.29 is 9.13 Å². The van der Waals surface area contributed by atoms with Gasteiger partial charge < -0.3 is 10.1 Å². The van der Waals surface area contributed by atoms with Gasteiger partial charge in [0.2, 0.25) is 0 Å². The zero-order chi connectivity index (χ0) is 13.8. The SMILES string of the molecule is CCNC(c1cccc(F)c1)C(OC)C(C)(C)C. The van der Waals surface area contributed by atoms with Gasteiger partial charge in [-0.05, 0) is 29.7 Å². The average Bonchev–Trinajstić information content (AvgIpc) is 2.27. The highest BCUT2D eigenvalue weighted by molar-refractivity contribution is 5.22. The van der Waals surface area contributed by atoms with Crippen LogP contribution in [0.4, 0.5) is 4.39 Å². The van der Waals surface area contributed by atoms with Gasteiger partial charge in [-0.15, -0.1) is 0 Å². The van der Waals surface area contributed by atoms with E-state index in [1.54, 1.807) is 19.2 Å². The number of nitrogens with one attached hydrogen (secondary N) is 1. The maximum atomic E-state index is 13.4. The summed E-state index contributed by atoms with van der Waals surface area (Å²) in [6.07, 6.45) is -0.0146. The van der Waals surface area contributed by atoms with E-state index in [4.69, 9.17) is 4.74 Å². The number of halogens is 1. The maximum Gasteiger partial charge on any atom is 0.123 e. The van der Waals surface area contributed by atoms with Gasteiger partial charge in [-0.25, -0.2) is 4.39 Å². The molecule has 0 aliphatic heterocycles. The molecule has 0 saturated carbocycles. The third-order valence-electron chi connectivity index (χ3n) is 3.04. The molecule has 0 amide bonds. The molecule has 1 aromatic rings. The molecular formula is C15H24FNO. The Morgan fingerprint density at radius 3 is 2.44 bits per heavy atom. The largest absolute Gasteiger partial charge is 0.379 e. The van der Waals surface area contributed by atoms with Crippen molar-refractivity contribution in [2.24, 2.45) is 5.41 Å². The van der Waals surface area contributed by atoms with Gasteiger partial charge in [0.1, 0.15) is 5.82 Å². The van der Waals surface area contributed by atoms with Gasteiger partial charge in [0.25, 0.3) is 0 Å². The Labute approximate surface area is 110 Å². The summed E-state index contributed by atoms with van der Waals surface area (Å²) in [5, 5.41) is 3.39. The molecule has 2 atom stereocenters. The van der Waals surface area contributed by atoms with Crippen LogP contribution < -0.4 is 5.32 Å². The Morgan fingerprint density at radius 1 is 1.33 bits per heavy atom. The van der Waals surface area contributed by atoms with Gasteiger partial charge in [-0.1, -0.05) is 39.8 Å². The molecule has 0 spiro atoms. The van der Waals surface area contributed by atoms with E-state index in [9.17, 15) is 4.39 Å². The number of rotatable bonds is 5. The van der Waals surface area contributed by atoms with Crippen LogP contribution in [0.2, 0.25) is 0 Å². The number of ether oxygens (including phenoxy) is 1. The third-order valence-corrected chi connectivity index (χ3v) is 3.04. The number of likely N-dealkylation sites (N-methyl/N-ethyl adjacent to an activating group) is 1. The first-order valence-electron chi connectivity index (χ1n) is 6.41. The minimum atomic E-state index is -0.209. The monoisotopic (exact) mass is 253 g/mol. The molecule has 0 saturated heterocycles. The second-order valence-electron chi connectivity index (χ2n) is 5.61. The van der Waals surface area contributed by atoms with Gasteiger partial charge in [-0.2, -0.15) is 0 Å². The molecule has 102 valence electrons. The Morgan fingerprint density at radius 2 is 2.00 bits per heavy atom. The molecule has 3 heteroatoms. The summed E-state index contributed by atoms with van der Waals surface area (Å²) in [6, 6.07) is 6.71. The maximum absolute atomic E-state index is 13.4. The molecule has 2 nitrogen and oxygen atoms in total. The first kappa shape index (κ1) is 15.1. The quantitative estimate of drug-likeness (QED) is 0.866. The fraction of sp³-hybridized carbons (Fsp3) is 0.600. The number of methoxy groups -OCH3 is 1. The van der Waals surface area contributed by atoms with Crippen LogP contribution in [0.25, 0.3) is 0 Å². The molecule has 1 rings (SSSR count). The summed E-state index contributed by atoms with van der Waals surface area (Å²) in [4.78, 5) is 0. The van der Waals surface area contributed by atoms with Crippen molar-refractivity contribution in [3.05, 3.63) is 35.6 Å². The van der Waals surface area contributed by atoms with E-state index in [1.165, 1.54) is 6.07 Å². The van der Waals surface area contributed by atoms with Crippen molar-refractivity contribution in [3.63, 3.8) is 0 Å². The topological polar surface area (TPSA) is 21.3 Å². The average molecular weight is 253 g/mol. The van der Waals surface area contributed by atoms with Crippen LogP contribution in [0.15, 0.2) is 24.3 Å². The van der Waals surface area contributed by atoms with Crippen molar-refractivity contribution >= 4 is 0 Å². The molecule has 2 unspecified atom stereocenters. The zero-order valence-electron chi connectivity index (χ0n) is 12.0. The predicted molar refractivity (Wildman–Crippen MR) is 73.1 cm³/mol. The van der Waals surface area contributed by atoms with Crippen molar-refractivity contribution in [2.45, 2.75) is 39.8 Å². The van der Waals surface area contributed by atoms with Crippen molar-refractivity contribution in [3.8, 4) is 0 Å². The predicted octanol–water partition coefficient (Wildman–Crippen LogP) is 3.54. The molecule has 0 radical (unpaired) electrons. The molecule has 0 aliphatic carbocycles. The van der Waals surface area contributed by atoms with Gasteiger partial charge >= 0.3 is 0 Å². The van der Waals surface area contributed by atoms with Gasteiger partial charge in [0.05, 0.1) is 12.1 Å². The molecule has 0 bridgehead atoms. The summed E-state index contributed by atoms with van der Waals surface area (Å²) in [7, 11) is 1.71. The molecule has 0 heterocycles. The minimum absolute atomic E-state index is 0.00398. The van der Waals surface area contributed by atoms with E-state index >= 15 is 0 Å². The molecule has 0 aliphatic rings. The van der Waals surface area contributed by atoms with Crippen LogP contribution in [0.1, 0.15) is 39.3 Å². The van der Waals surface area contributed by atoms with E-state index < -0.39 is 0 Å². The van der Waals surface area contributed by atoms with Crippen LogP contribution in [-0.2, 0) is 4.74 Å². The summed E-state index contributed by atoms with van der Waals surface area (Å²) in [6.45, 7) is 9.25. The van der Waals surface area contributed by atoms with Gasteiger partial charge in [-0.3, -0.25) is 0 Å². The summed E-state index contributed by atoms with van der Waals surface area (Å²) >= 11 is 0. The van der Waals surface area contributed by atoms with E-state index in [0.717, 1.165) is 12.1 Å². The normalized spacial score (nSPS) is 15.4. The first-order valence-corrected chi connectivity index (χ1v) is 6.41. The zero-order valence-corrected chi connectivity index (χ0v) is 12.0. The van der Waals surface area contributed by atoms with E-state index in [1.807, 2.05) is 13.0 Å². The second-order valence-corrected chi connectivity index (χ2v) is 5.61. The minimum Gasteiger partial charge on any atom is -0.379 e. The molecule has 18 heavy (non-hydrogen) atoms. The van der Waals surface area contributed by atoms with Gasteiger partial charge in [0, 0.05) is 7.11 Å². The van der Waals surface area contributed by atoms with E-state index in [-0.39, 0.29) is 23.4 Å². The molecule has 0 aromatic heterocycles.